The zero-order chi connectivity index (χ0) is 16.1. The van der Waals surface area contributed by atoms with Crippen molar-refractivity contribution in [2.75, 3.05) is 0 Å². The minimum atomic E-state index is 0.00602. The summed E-state index contributed by atoms with van der Waals surface area (Å²) in [4.78, 5) is 16.5. The van der Waals surface area contributed by atoms with Crippen LogP contribution in [0.5, 0.6) is 0 Å². The van der Waals surface area contributed by atoms with Gasteiger partial charge in [-0.2, -0.15) is 0 Å². The average molecular weight is 326 g/mol. The summed E-state index contributed by atoms with van der Waals surface area (Å²) < 4.78 is 5.18. The second-order valence-electron chi connectivity index (χ2n) is 5.37. The van der Waals surface area contributed by atoms with Gasteiger partial charge in [-0.05, 0) is 31.5 Å². The summed E-state index contributed by atoms with van der Waals surface area (Å²) in [6, 6.07) is 11.9. The fourth-order valence-electron chi connectivity index (χ4n) is 2.26. The highest BCUT2D eigenvalue weighted by Gasteiger charge is 2.08. The number of hydrogen-bond donors (Lipinski definition) is 1. The number of hydrogen-bond acceptors (Lipinski definition) is 4. The Bertz CT molecular complexity index is 778. The van der Waals surface area contributed by atoms with E-state index in [9.17, 15) is 4.79 Å². The molecule has 4 nitrogen and oxygen atoms in total. The van der Waals surface area contributed by atoms with Crippen molar-refractivity contribution in [2.45, 2.75) is 26.3 Å². The lowest BCUT2D eigenvalue weighted by Gasteiger charge is -2.02. The molecule has 0 atom stereocenters. The molecule has 5 heteroatoms. The topological polar surface area (TPSA) is 55.1 Å². The van der Waals surface area contributed by atoms with Crippen LogP contribution in [0.4, 0.5) is 0 Å². The van der Waals surface area contributed by atoms with Crippen molar-refractivity contribution in [3.05, 3.63) is 65.1 Å². The van der Waals surface area contributed by atoms with Gasteiger partial charge in [-0.1, -0.05) is 23.8 Å². The van der Waals surface area contributed by atoms with Gasteiger partial charge in [0.15, 0.2) is 0 Å². The molecule has 0 bridgehead atoms. The Kier molecular flexibility index (Phi) is 4.88. The van der Waals surface area contributed by atoms with Gasteiger partial charge in [0.1, 0.15) is 10.8 Å². The van der Waals surface area contributed by atoms with E-state index in [1.54, 1.807) is 17.6 Å². The summed E-state index contributed by atoms with van der Waals surface area (Å²) in [5, 5.41) is 5.87. The van der Waals surface area contributed by atoms with Gasteiger partial charge in [0.05, 0.1) is 18.5 Å². The van der Waals surface area contributed by atoms with E-state index in [0.29, 0.717) is 19.4 Å². The lowest BCUT2D eigenvalue weighted by atomic mass is 10.1. The van der Waals surface area contributed by atoms with Crippen LogP contribution in [-0.4, -0.2) is 10.9 Å². The molecule has 0 saturated carbocycles. The van der Waals surface area contributed by atoms with Crippen molar-refractivity contribution in [1.82, 2.24) is 10.3 Å². The second-order valence-corrected chi connectivity index (χ2v) is 6.23. The summed E-state index contributed by atoms with van der Waals surface area (Å²) in [7, 11) is 0. The van der Waals surface area contributed by atoms with E-state index >= 15 is 0 Å². The fraction of sp³-hybridized carbons (Fsp3) is 0.222. The zero-order valence-corrected chi connectivity index (χ0v) is 13.7. The second kappa shape index (κ2) is 7.24. The molecule has 2 aromatic heterocycles. The third kappa shape index (κ3) is 4.29. The van der Waals surface area contributed by atoms with Crippen LogP contribution in [-0.2, 0) is 17.8 Å². The Morgan fingerprint density at radius 2 is 2.22 bits per heavy atom. The Labute approximate surface area is 139 Å². The SMILES string of the molecule is Cc1cccc(-c2nc(CCC(=O)NCc3ccco3)cs2)c1. The molecule has 0 unspecified atom stereocenters. The van der Waals surface area contributed by atoms with Gasteiger partial charge in [0.2, 0.25) is 5.91 Å². The lowest BCUT2D eigenvalue weighted by Crippen LogP contribution is -2.22. The lowest BCUT2D eigenvalue weighted by molar-refractivity contribution is -0.121. The molecule has 1 amide bonds. The van der Waals surface area contributed by atoms with Crippen LogP contribution in [0.25, 0.3) is 10.6 Å². The van der Waals surface area contributed by atoms with Gasteiger partial charge in [-0.15, -0.1) is 11.3 Å². The molecule has 1 aromatic carbocycles. The van der Waals surface area contributed by atoms with Gasteiger partial charge in [-0.3, -0.25) is 4.79 Å². The number of aryl methyl sites for hydroxylation is 2. The summed E-state index contributed by atoms with van der Waals surface area (Å²) in [6.07, 6.45) is 2.67. The molecule has 2 heterocycles. The molecule has 0 saturated heterocycles. The van der Waals surface area contributed by atoms with E-state index < -0.39 is 0 Å². The maximum absolute atomic E-state index is 11.9. The molecule has 0 aliphatic heterocycles. The van der Waals surface area contributed by atoms with Gasteiger partial charge in [0, 0.05) is 17.4 Å². The van der Waals surface area contributed by atoms with Crippen molar-refractivity contribution in [3.63, 3.8) is 0 Å². The molecule has 1 N–H and O–H groups in total. The molecule has 118 valence electrons. The number of nitrogens with one attached hydrogen (secondary N) is 1. The first-order valence-corrected chi connectivity index (χ1v) is 8.39. The number of carbonyl (C=O) groups is 1. The average Bonchev–Trinajstić information content (AvgIpc) is 3.22. The van der Waals surface area contributed by atoms with E-state index in [-0.39, 0.29) is 5.91 Å². The van der Waals surface area contributed by atoms with Crippen molar-refractivity contribution >= 4 is 17.2 Å². The van der Waals surface area contributed by atoms with Gasteiger partial charge < -0.3 is 9.73 Å². The molecule has 0 fully saturated rings. The molecular formula is C18H18N2O2S. The van der Waals surface area contributed by atoms with Gasteiger partial charge >= 0.3 is 0 Å². The van der Waals surface area contributed by atoms with Crippen molar-refractivity contribution in [1.29, 1.82) is 0 Å². The van der Waals surface area contributed by atoms with Crippen LogP contribution >= 0.6 is 11.3 Å². The van der Waals surface area contributed by atoms with Crippen LogP contribution in [0.1, 0.15) is 23.4 Å². The summed E-state index contributed by atoms with van der Waals surface area (Å²) in [5.41, 5.74) is 3.31. The highest BCUT2D eigenvalue weighted by atomic mass is 32.1. The molecule has 0 radical (unpaired) electrons. The summed E-state index contributed by atoms with van der Waals surface area (Å²) in [6.45, 7) is 2.50. The Morgan fingerprint density at radius 3 is 3.00 bits per heavy atom. The van der Waals surface area contributed by atoms with Crippen LogP contribution in [0, 0.1) is 6.92 Å². The van der Waals surface area contributed by atoms with Crippen molar-refractivity contribution in [2.24, 2.45) is 0 Å². The molecule has 0 spiro atoms. The fourth-order valence-corrected chi connectivity index (χ4v) is 3.11. The number of carbonyl (C=O) groups excluding carboxylic acids is 1. The van der Waals surface area contributed by atoms with E-state index in [1.807, 2.05) is 23.6 Å². The summed E-state index contributed by atoms with van der Waals surface area (Å²) >= 11 is 1.62. The normalized spacial score (nSPS) is 10.7. The highest BCUT2D eigenvalue weighted by molar-refractivity contribution is 7.13. The third-order valence-corrected chi connectivity index (χ3v) is 4.41. The predicted octanol–water partition coefficient (Wildman–Crippen LogP) is 3.96. The van der Waals surface area contributed by atoms with Crippen LogP contribution in [0.3, 0.4) is 0 Å². The van der Waals surface area contributed by atoms with E-state index in [4.69, 9.17) is 4.42 Å². The summed E-state index contributed by atoms with van der Waals surface area (Å²) in [5.74, 6) is 0.764. The van der Waals surface area contributed by atoms with Gasteiger partial charge in [0.25, 0.3) is 0 Å². The Hall–Kier alpha value is -2.40. The smallest absolute Gasteiger partial charge is 0.220 e. The van der Waals surface area contributed by atoms with Crippen LogP contribution < -0.4 is 5.32 Å². The number of amides is 1. The monoisotopic (exact) mass is 326 g/mol. The molecule has 0 aliphatic rings. The quantitative estimate of drug-likeness (QED) is 0.746. The first-order valence-electron chi connectivity index (χ1n) is 7.51. The van der Waals surface area contributed by atoms with Crippen molar-refractivity contribution in [3.8, 4) is 10.6 Å². The molecular weight excluding hydrogens is 308 g/mol. The first kappa shape index (κ1) is 15.5. The number of thiazole rings is 1. The predicted molar refractivity (Wildman–Crippen MR) is 91.2 cm³/mol. The highest BCUT2D eigenvalue weighted by Crippen LogP contribution is 2.24. The Morgan fingerprint density at radius 1 is 1.30 bits per heavy atom. The standard InChI is InChI=1S/C18H18N2O2S/c1-13-4-2-5-14(10-13)18-20-15(12-23-18)7-8-17(21)19-11-16-6-3-9-22-16/h2-6,9-10,12H,7-8,11H2,1H3,(H,19,21). The van der Waals surface area contributed by atoms with Crippen LogP contribution in [0.15, 0.2) is 52.5 Å². The number of aromatic nitrogens is 1. The minimum Gasteiger partial charge on any atom is -0.467 e. The zero-order valence-electron chi connectivity index (χ0n) is 12.9. The number of rotatable bonds is 6. The third-order valence-electron chi connectivity index (χ3n) is 3.46. The minimum absolute atomic E-state index is 0.00602. The molecule has 3 aromatic rings. The van der Waals surface area contributed by atoms with Gasteiger partial charge in [-0.25, -0.2) is 4.98 Å². The number of furan rings is 1. The first-order chi connectivity index (χ1) is 11.2. The maximum atomic E-state index is 11.9. The van der Waals surface area contributed by atoms with E-state index in [1.165, 1.54) is 5.56 Å². The largest absolute Gasteiger partial charge is 0.467 e. The van der Waals surface area contributed by atoms with E-state index in [2.05, 4.69) is 35.4 Å². The van der Waals surface area contributed by atoms with E-state index in [0.717, 1.165) is 22.0 Å². The number of benzene rings is 1. The molecule has 23 heavy (non-hydrogen) atoms. The Balaban J connectivity index is 1.52. The van der Waals surface area contributed by atoms with Crippen molar-refractivity contribution < 1.29 is 9.21 Å². The van der Waals surface area contributed by atoms with Crippen LogP contribution in [0.2, 0.25) is 0 Å². The molecule has 0 aliphatic carbocycles. The molecule has 3 rings (SSSR count). The number of nitrogens with zero attached hydrogens (tertiary/aromatic N) is 1. The maximum Gasteiger partial charge on any atom is 0.220 e.